The fourth-order valence-corrected chi connectivity index (χ4v) is 9.71. The zero-order valence-corrected chi connectivity index (χ0v) is 49.2. The number of ether oxygens (including phenoxy) is 3. The molecule has 0 aliphatic heterocycles. The molecule has 0 rings (SSSR count). The average Bonchev–Trinajstić information content (AvgIpc) is 3.39. The lowest BCUT2D eigenvalue weighted by atomic mass is 10.0. The van der Waals surface area contributed by atoms with Crippen molar-refractivity contribution in [3.05, 3.63) is 36.5 Å². The summed E-state index contributed by atoms with van der Waals surface area (Å²) in [4.78, 5) is 38.3. The molecule has 0 fully saturated rings. The van der Waals surface area contributed by atoms with Crippen molar-refractivity contribution in [1.82, 2.24) is 0 Å². The Morgan fingerprint density at radius 2 is 0.493 bits per heavy atom. The maximum absolute atomic E-state index is 12.9. The highest BCUT2D eigenvalue weighted by Crippen LogP contribution is 2.17. The molecular formula is C67H124O6. The van der Waals surface area contributed by atoms with Crippen molar-refractivity contribution in [3.8, 4) is 0 Å². The van der Waals surface area contributed by atoms with Crippen molar-refractivity contribution >= 4 is 17.9 Å². The first-order chi connectivity index (χ1) is 36.0. The molecule has 0 radical (unpaired) electrons. The monoisotopic (exact) mass is 1020 g/mol. The van der Waals surface area contributed by atoms with Gasteiger partial charge in [-0.3, -0.25) is 14.4 Å². The number of hydrogen-bond donors (Lipinski definition) is 0. The second-order valence-corrected chi connectivity index (χ2v) is 22.0. The van der Waals surface area contributed by atoms with Crippen LogP contribution in [0.3, 0.4) is 0 Å². The van der Waals surface area contributed by atoms with Gasteiger partial charge in [0.1, 0.15) is 13.2 Å². The number of unbranched alkanes of at least 4 members (excludes halogenated alkanes) is 43. The van der Waals surface area contributed by atoms with Gasteiger partial charge in [-0.1, -0.05) is 295 Å². The zero-order chi connectivity index (χ0) is 52.9. The normalized spacial score (nSPS) is 12.2. The van der Waals surface area contributed by atoms with Crippen molar-refractivity contribution in [2.75, 3.05) is 13.2 Å². The molecule has 0 amide bonds. The van der Waals surface area contributed by atoms with Gasteiger partial charge in [0.2, 0.25) is 0 Å². The minimum atomic E-state index is -0.777. The van der Waals surface area contributed by atoms with Crippen LogP contribution in [0.15, 0.2) is 36.5 Å². The van der Waals surface area contributed by atoms with Crippen molar-refractivity contribution in [2.45, 2.75) is 361 Å². The summed E-state index contributed by atoms with van der Waals surface area (Å²) in [7, 11) is 0. The van der Waals surface area contributed by atoms with Crippen LogP contribution in [0.2, 0.25) is 0 Å². The smallest absolute Gasteiger partial charge is 0.306 e. The maximum atomic E-state index is 12.9. The van der Waals surface area contributed by atoms with Crippen LogP contribution in [0.5, 0.6) is 0 Å². The third kappa shape index (κ3) is 60.4. The van der Waals surface area contributed by atoms with Crippen molar-refractivity contribution in [1.29, 1.82) is 0 Å². The van der Waals surface area contributed by atoms with E-state index in [-0.39, 0.29) is 31.1 Å². The number of carbonyl (C=O) groups is 3. The molecule has 0 heterocycles. The molecule has 6 heteroatoms. The van der Waals surface area contributed by atoms with Crippen LogP contribution in [0.1, 0.15) is 355 Å². The van der Waals surface area contributed by atoms with Crippen LogP contribution in [-0.4, -0.2) is 37.2 Å². The summed E-state index contributed by atoms with van der Waals surface area (Å²) in [6.45, 7) is 6.66. The lowest BCUT2D eigenvalue weighted by Gasteiger charge is -2.18. The van der Waals surface area contributed by atoms with E-state index in [2.05, 4.69) is 57.2 Å². The summed E-state index contributed by atoms with van der Waals surface area (Å²) < 4.78 is 16.9. The van der Waals surface area contributed by atoms with Crippen LogP contribution in [-0.2, 0) is 28.6 Å². The molecule has 0 aliphatic rings. The van der Waals surface area contributed by atoms with Crippen LogP contribution in [0.25, 0.3) is 0 Å². The maximum Gasteiger partial charge on any atom is 0.306 e. The molecule has 0 saturated carbocycles. The summed E-state index contributed by atoms with van der Waals surface area (Å²) in [5, 5.41) is 0. The molecule has 0 N–H and O–H groups in total. The molecule has 6 nitrogen and oxygen atoms in total. The van der Waals surface area contributed by atoms with E-state index in [0.717, 1.165) is 83.5 Å². The summed E-state index contributed by atoms with van der Waals surface area (Å²) in [5.74, 6) is -0.864. The van der Waals surface area contributed by atoms with Gasteiger partial charge in [0.15, 0.2) is 6.10 Å². The standard InChI is InChI=1S/C67H124O6/c1-4-7-10-13-16-19-22-25-28-29-30-31-32-33-34-35-36-37-40-42-45-48-51-54-57-60-66(69)72-63-64(73-67(70)61-58-55-52-49-46-43-39-27-24-21-18-15-12-9-6-3)62-71-65(68)59-56-53-50-47-44-41-38-26-23-20-17-14-11-8-5-2/h18,21,27,29-30,39,64H,4-17,19-20,22-26,28,31-38,40-63H2,1-3H3/b21-18-,30-29-,39-27-. The van der Waals surface area contributed by atoms with Crippen molar-refractivity contribution in [3.63, 3.8) is 0 Å². The first kappa shape index (κ1) is 70.6. The van der Waals surface area contributed by atoms with Gasteiger partial charge in [-0.2, -0.15) is 0 Å². The Balaban J connectivity index is 4.25. The minimum absolute atomic E-state index is 0.0733. The lowest BCUT2D eigenvalue weighted by Crippen LogP contribution is -2.30. The topological polar surface area (TPSA) is 78.9 Å². The molecule has 0 aliphatic carbocycles. The van der Waals surface area contributed by atoms with Gasteiger partial charge in [-0.25, -0.2) is 0 Å². The average molecular weight is 1030 g/mol. The van der Waals surface area contributed by atoms with E-state index in [9.17, 15) is 14.4 Å². The van der Waals surface area contributed by atoms with Crippen LogP contribution in [0.4, 0.5) is 0 Å². The number of esters is 3. The minimum Gasteiger partial charge on any atom is -0.462 e. The third-order valence-electron chi connectivity index (χ3n) is 14.6. The van der Waals surface area contributed by atoms with Crippen LogP contribution in [0, 0.1) is 0 Å². The van der Waals surface area contributed by atoms with Crippen LogP contribution < -0.4 is 0 Å². The Bertz CT molecular complexity index is 1220. The fourth-order valence-electron chi connectivity index (χ4n) is 9.71. The lowest BCUT2D eigenvalue weighted by molar-refractivity contribution is -0.167. The molecule has 0 aromatic rings. The summed E-state index contributed by atoms with van der Waals surface area (Å²) >= 11 is 0. The zero-order valence-electron chi connectivity index (χ0n) is 49.2. The Kier molecular flexibility index (Phi) is 60.2. The van der Waals surface area contributed by atoms with E-state index in [1.165, 1.54) is 231 Å². The predicted octanol–water partition coefficient (Wildman–Crippen LogP) is 22.0. The Hall–Kier alpha value is -2.37. The van der Waals surface area contributed by atoms with Gasteiger partial charge in [0, 0.05) is 19.3 Å². The van der Waals surface area contributed by atoms with E-state index in [4.69, 9.17) is 14.2 Å². The molecule has 0 bridgehead atoms. The van der Waals surface area contributed by atoms with E-state index < -0.39 is 6.10 Å². The molecule has 428 valence electrons. The number of rotatable bonds is 60. The van der Waals surface area contributed by atoms with Gasteiger partial charge >= 0.3 is 17.9 Å². The Morgan fingerprint density at radius 1 is 0.274 bits per heavy atom. The second kappa shape index (κ2) is 62.2. The van der Waals surface area contributed by atoms with Crippen molar-refractivity contribution in [2.24, 2.45) is 0 Å². The number of carbonyl (C=O) groups excluding carboxylic acids is 3. The highest BCUT2D eigenvalue weighted by molar-refractivity contribution is 5.71. The highest BCUT2D eigenvalue weighted by atomic mass is 16.6. The molecule has 1 atom stereocenters. The van der Waals surface area contributed by atoms with Gasteiger partial charge in [0.05, 0.1) is 0 Å². The Morgan fingerprint density at radius 3 is 0.795 bits per heavy atom. The first-order valence-electron chi connectivity index (χ1n) is 32.5. The molecular weight excluding hydrogens is 901 g/mol. The summed E-state index contributed by atoms with van der Waals surface area (Å²) in [6, 6.07) is 0. The predicted molar refractivity (Wildman–Crippen MR) is 316 cm³/mol. The molecule has 73 heavy (non-hydrogen) atoms. The Labute approximate surface area is 455 Å². The van der Waals surface area contributed by atoms with Gasteiger partial charge in [-0.05, 0) is 77.0 Å². The molecule has 0 saturated heterocycles. The second-order valence-electron chi connectivity index (χ2n) is 22.0. The first-order valence-corrected chi connectivity index (χ1v) is 32.5. The molecule has 0 aromatic heterocycles. The number of allylic oxidation sites excluding steroid dienone is 6. The van der Waals surface area contributed by atoms with Gasteiger partial charge < -0.3 is 14.2 Å². The fraction of sp³-hybridized carbons (Fsp3) is 0.866. The quantitative estimate of drug-likeness (QED) is 0.0261. The molecule has 0 spiro atoms. The number of hydrogen-bond acceptors (Lipinski definition) is 6. The summed E-state index contributed by atoms with van der Waals surface area (Å²) in [6.07, 6.45) is 75.8. The largest absolute Gasteiger partial charge is 0.462 e. The third-order valence-corrected chi connectivity index (χ3v) is 14.6. The highest BCUT2D eigenvalue weighted by Gasteiger charge is 2.19. The van der Waals surface area contributed by atoms with E-state index in [0.29, 0.717) is 19.3 Å². The van der Waals surface area contributed by atoms with E-state index >= 15 is 0 Å². The van der Waals surface area contributed by atoms with Gasteiger partial charge in [0.25, 0.3) is 0 Å². The van der Waals surface area contributed by atoms with E-state index in [1.807, 2.05) is 0 Å². The van der Waals surface area contributed by atoms with E-state index in [1.54, 1.807) is 0 Å². The summed E-state index contributed by atoms with van der Waals surface area (Å²) in [5.41, 5.74) is 0. The van der Waals surface area contributed by atoms with Crippen molar-refractivity contribution < 1.29 is 28.6 Å². The van der Waals surface area contributed by atoms with Crippen LogP contribution >= 0.6 is 0 Å². The molecule has 0 aromatic carbocycles. The molecule has 1 unspecified atom stereocenters. The van der Waals surface area contributed by atoms with Gasteiger partial charge in [-0.15, -0.1) is 0 Å². The SMILES string of the molecule is CCCCC/C=C\C/C=C\CCCCCCCC(=O)OC(COC(=O)CCCCCCCCCCCCCCC/C=C\CCCCCCCCCC)COC(=O)CCCCCCCCCCCCCCCCC.